The van der Waals surface area contributed by atoms with Gasteiger partial charge in [0.05, 0.1) is 19.3 Å². The van der Waals surface area contributed by atoms with E-state index >= 15 is 0 Å². The second-order valence-electron chi connectivity index (χ2n) is 5.49. The Morgan fingerprint density at radius 2 is 2.16 bits per heavy atom. The lowest BCUT2D eigenvalue weighted by Crippen LogP contribution is -2.40. The van der Waals surface area contributed by atoms with Gasteiger partial charge in [0.15, 0.2) is 5.96 Å². The first-order valence-electron chi connectivity index (χ1n) is 7.08. The first-order chi connectivity index (χ1) is 9.24. The highest BCUT2D eigenvalue weighted by Crippen LogP contribution is 2.30. The van der Waals surface area contributed by atoms with Gasteiger partial charge in [-0.1, -0.05) is 0 Å². The predicted molar refractivity (Wildman–Crippen MR) is 73.0 cm³/mol. The molecular formula is C13H25N3O3. The van der Waals surface area contributed by atoms with Crippen molar-refractivity contribution in [1.29, 1.82) is 0 Å². The molecule has 2 aliphatic heterocycles. The standard InChI is InChI=1S/C13H25N3O3/c14-12(15-8-11-2-1-5-19-11)16-9-13(10-17)3-6-18-7-4-13/h11,17H,1-10H2,(H3,14,15,16). The fourth-order valence-electron chi connectivity index (χ4n) is 2.50. The predicted octanol–water partition coefficient (Wildman–Crippen LogP) is -0.141. The van der Waals surface area contributed by atoms with Crippen LogP contribution in [-0.2, 0) is 9.47 Å². The summed E-state index contributed by atoms with van der Waals surface area (Å²) < 4.78 is 10.8. The molecule has 0 bridgehead atoms. The lowest BCUT2D eigenvalue weighted by molar-refractivity contribution is -0.0106. The molecule has 2 aliphatic rings. The van der Waals surface area contributed by atoms with E-state index in [1.807, 2.05) is 0 Å². The van der Waals surface area contributed by atoms with Gasteiger partial charge in [0.2, 0.25) is 0 Å². The first-order valence-corrected chi connectivity index (χ1v) is 7.08. The minimum absolute atomic E-state index is 0.138. The zero-order chi connectivity index (χ0) is 13.6. The number of aliphatic imine (C=N–C) groups is 1. The molecule has 1 atom stereocenters. The molecule has 0 aromatic carbocycles. The van der Waals surface area contributed by atoms with Crippen molar-refractivity contribution in [2.24, 2.45) is 16.1 Å². The molecule has 0 aromatic heterocycles. The average Bonchev–Trinajstić information content (AvgIpc) is 2.97. The maximum absolute atomic E-state index is 9.55. The molecule has 0 radical (unpaired) electrons. The van der Waals surface area contributed by atoms with E-state index in [9.17, 15) is 5.11 Å². The third-order valence-electron chi connectivity index (χ3n) is 4.01. The molecule has 19 heavy (non-hydrogen) atoms. The SMILES string of the molecule is NC(=NCC1(CO)CCOCC1)NCC1CCCO1. The molecular weight excluding hydrogens is 246 g/mol. The third kappa shape index (κ3) is 4.33. The van der Waals surface area contributed by atoms with Gasteiger partial charge in [0.1, 0.15) is 0 Å². The van der Waals surface area contributed by atoms with E-state index in [2.05, 4.69) is 10.3 Å². The van der Waals surface area contributed by atoms with Crippen LogP contribution >= 0.6 is 0 Å². The summed E-state index contributed by atoms with van der Waals surface area (Å²) >= 11 is 0. The van der Waals surface area contributed by atoms with Gasteiger partial charge >= 0.3 is 0 Å². The zero-order valence-corrected chi connectivity index (χ0v) is 11.4. The van der Waals surface area contributed by atoms with E-state index in [0.717, 1.165) is 32.3 Å². The normalized spacial score (nSPS) is 27.4. The Morgan fingerprint density at radius 1 is 1.37 bits per heavy atom. The second-order valence-corrected chi connectivity index (χ2v) is 5.49. The van der Waals surface area contributed by atoms with Crippen LogP contribution in [0.5, 0.6) is 0 Å². The molecule has 110 valence electrons. The highest BCUT2D eigenvalue weighted by molar-refractivity contribution is 5.77. The summed E-state index contributed by atoms with van der Waals surface area (Å²) in [7, 11) is 0. The summed E-state index contributed by atoms with van der Waals surface area (Å²) in [6.07, 6.45) is 4.14. The number of aliphatic hydroxyl groups is 1. The number of hydrogen-bond donors (Lipinski definition) is 3. The van der Waals surface area contributed by atoms with Gasteiger partial charge in [0.25, 0.3) is 0 Å². The third-order valence-corrected chi connectivity index (χ3v) is 4.01. The molecule has 2 saturated heterocycles. The van der Waals surface area contributed by atoms with Gasteiger partial charge < -0.3 is 25.6 Å². The van der Waals surface area contributed by atoms with Gasteiger partial charge in [-0.05, 0) is 25.7 Å². The van der Waals surface area contributed by atoms with Gasteiger partial charge in [0, 0.05) is 31.8 Å². The van der Waals surface area contributed by atoms with Crippen LogP contribution in [0.15, 0.2) is 4.99 Å². The van der Waals surface area contributed by atoms with Crippen molar-refractivity contribution in [1.82, 2.24) is 5.32 Å². The number of guanidine groups is 1. The van der Waals surface area contributed by atoms with Crippen LogP contribution in [0, 0.1) is 5.41 Å². The van der Waals surface area contributed by atoms with Crippen molar-refractivity contribution in [3.8, 4) is 0 Å². The van der Waals surface area contributed by atoms with Crippen molar-refractivity contribution in [3.63, 3.8) is 0 Å². The summed E-state index contributed by atoms with van der Waals surface area (Å²) in [5.74, 6) is 0.440. The molecule has 0 aromatic rings. The molecule has 6 nitrogen and oxygen atoms in total. The lowest BCUT2D eigenvalue weighted by atomic mass is 9.81. The Labute approximate surface area is 114 Å². The van der Waals surface area contributed by atoms with Crippen LogP contribution in [0.1, 0.15) is 25.7 Å². The molecule has 2 heterocycles. The van der Waals surface area contributed by atoms with Gasteiger partial charge in [-0.2, -0.15) is 0 Å². The van der Waals surface area contributed by atoms with E-state index in [4.69, 9.17) is 15.2 Å². The summed E-state index contributed by atoms with van der Waals surface area (Å²) in [6.45, 7) is 3.64. The van der Waals surface area contributed by atoms with Crippen LogP contribution in [0.2, 0.25) is 0 Å². The largest absolute Gasteiger partial charge is 0.396 e. The fourth-order valence-corrected chi connectivity index (χ4v) is 2.50. The number of hydrogen-bond acceptors (Lipinski definition) is 4. The van der Waals surface area contributed by atoms with E-state index in [1.165, 1.54) is 0 Å². The minimum atomic E-state index is -0.158. The Hall–Kier alpha value is -0.850. The average molecular weight is 271 g/mol. The number of nitrogens with zero attached hydrogens (tertiary/aromatic N) is 1. The summed E-state index contributed by atoms with van der Waals surface area (Å²) in [4.78, 5) is 4.36. The Kier molecular flexibility index (Phi) is 5.42. The molecule has 0 saturated carbocycles. The van der Waals surface area contributed by atoms with Crippen molar-refractivity contribution in [3.05, 3.63) is 0 Å². The number of rotatable bonds is 5. The molecule has 2 fully saturated rings. The van der Waals surface area contributed by atoms with Crippen molar-refractivity contribution in [2.75, 3.05) is 39.5 Å². The van der Waals surface area contributed by atoms with Gasteiger partial charge in [-0.25, -0.2) is 0 Å². The maximum Gasteiger partial charge on any atom is 0.188 e. The molecule has 0 spiro atoms. The highest BCUT2D eigenvalue weighted by atomic mass is 16.5. The van der Waals surface area contributed by atoms with E-state index in [0.29, 0.717) is 32.3 Å². The van der Waals surface area contributed by atoms with Crippen molar-refractivity contribution >= 4 is 5.96 Å². The first kappa shape index (κ1) is 14.6. The van der Waals surface area contributed by atoms with Crippen molar-refractivity contribution < 1.29 is 14.6 Å². The van der Waals surface area contributed by atoms with Crippen LogP contribution in [-0.4, -0.2) is 56.7 Å². The smallest absolute Gasteiger partial charge is 0.188 e. The maximum atomic E-state index is 9.55. The molecule has 0 amide bonds. The van der Waals surface area contributed by atoms with Crippen LogP contribution in [0.4, 0.5) is 0 Å². The topological polar surface area (TPSA) is 89.1 Å². The lowest BCUT2D eigenvalue weighted by Gasteiger charge is -2.34. The molecule has 1 unspecified atom stereocenters. The summed E-state index contributed by atoms with van der Waals surface area (Å²) in [5, 5.41) is 12.6. The summed E-state index contributed by atoms with van der Waals surface area (Å²) in [5.41, 5.74) is 5.69. The fraction of sp³-hybridized carbons (Fsp3) is 0.923. The second kappa shape index (κ2) is 7.07. The zero-order valence-electron chi connectivity index (χ0n) is 11.4. The van der Waals surface area contributed by atoms with Gasteiger partial charge in [-0.15, -0.1) is 0 Å². The van der Waals surface area contributed by atoms with E-state index in [1.54, 1.807) is 0 Å². The van der Waals surface area contributed by atoms with Gasteiger partial charge in [-0.3, -0.25) is 4.99 Å². The number of nitrogens with two attached hydrogens (primary N) is 1. The molecule has 4 N–H and O–H groups in total. The summed E-state index contributed by atoms with van der Waals surface area (Å²) in [6, 6.07) is 0. The Bertz CT molecular complexity index is 298. The van der Waals surface area contributed by atoms with Crippen LogP contribution in [0.25, 0.3) is 0 Å². The Balaban J connectivity index is 1.75. The molecule has 2 rings (SSSR count). The molecule has 6 heteroatoms. The molecule has 0 aliphatic carbocycles. The van der Waals surface area contributed by atoms with E-state index in [-0.39, 0.29) is 18.1 Å². The van der Waals surface area contributed by atoms with Crippen LogP contribution in [0.3, 0.4) is 0 Å². The Morgan fingerprint density at radius 3 is 2.79 bits per heavy atom. The minimum Gasteiger partial charge on any atom is -0.396 e. The number of aliphatic hydroxyl groups excluding tert-OH is 1. The number of nitrogens with one attached hydrogen (secondary N) is 1. The monoisotopic (exact) mass is 271 g/mol. The number of ether oxygens (including phenoxy) is 2. The quantitative estimate of drug-likeness (QED) is 0.478. The van der Waals surface area contributed by atoms with E-state index < -0.39 is 0 Å². The highest BCUT2D eigenvalue weighted by Gasteiger charge is 2.31. The van der Waals surface area contributed by atoms with Crippen molar-refractivity contribution in [2.45, 2.75) is 31.8 Å². The van der Waals surface area contributed by atoms with Crippen LogP contribution < -0.4 is 11.1 Å².